The van der Waals surface area contributed by atoms with Gasteiger partial charge in [-0.05, 0) is 6.42 Å². The maximum atomic E-state index is 13.2. The van der Waals surface area contributed by atoms with Crippen molar-refractivity contribution in [2.75, 3.05) is 92.0 Å². The van der Waals surface area contributed by atoms with Crippen molar-refractivity contribution in [3.05, 3.63) is 0 Å². The van der Waals surface area contributed by atoms with Gasteiger partial charge in [0.15, 0.2) is 18.9 Å². The third kappa shape index (κ3) is 19.8. The summed E-state index contributed by atoms with van der Waals surface area (Å²) < 4.78 is 31.7. The second kappa shape index (κ2) is 31.3. The van der Waals surface area contributed by atoms with Crippen LogP contribution < -0.4 is 31.9 Å². The molecule has 0 aliphatic carbocycles. The molecule has 0 aromatic carbocycles. The van der Waals surface area contributed by atoms with Crippen molar-refractivity contribution in [3.63, 3.8) is 0 Å². The lowest BCUT2D eigenvalue weighted by Gasteiger charge is -2.39. The van der Waals surface area contributed by atoms with Crippen molar-refractivity contribution in [2.24, 2.45) is 0 Å². The summed E-state index contributed by atoms with van der Waals surface area (Å²) in [6.45, 7) is -7.70. The van der Waals surface area contributed by atoms with E-state index in [2.05, 4.69) is 31.9 Å². The molecule has 3 fully saturated rings. The predicted molar refractivity (Wildman–Crippen MR) is 229 cm³/mol. The highest BCUT2D eigenvalue weighted by molar-refractivity contribution is 5.91. The first-order valence-electron chi connectivity index (χ1n) is 22.5. The Hall–Kier alpha value is -4.47. The van der Waals surface area contributed by atoms with Crippen LogP contribution in [0.2, 0.25) is 0 Å². The van der Waals surface area contributed by atoms with Crippen LogP contribution in [0.1, 0.15) is 12.8 Å². The first kappa shape index (κ1) is 61.8. The molecule has 19 N–H and O–H groups in total. The first-order chi connectivity index (χ1) is 34.1. The zero-order valence-electron chi connectivity index (χ0n) is 38.6. The Morgan fingerprint density at radius 1 is 0.458 bits per heavy atom. The quantitative estimate of drug-likeness (QED) is 0.0297. The molecule has 33 heteroatoms. The molecule has 3 aliphatic rings. The number of ether oxygens (including phenoxy) is 6. The van der Waals surface area contributed by atoms with E-state index in [0.717, 1.165) is 4.90 Å². The summed E-state index contributed by atoms with van der Waals surface area (Å²) in [5.74, 6) is -6.60. The first-order valence-corrected chi connectivity index (χ1v) is 22.5. The summed E-state index contributed by atoms with van der Waals surface area (Å²) in [6, 6.07) is -1.49. The number of rotatable bonds is 30. The molecule has 3 heterocycles. The summed E-state index contributed by atoms with van der Waals surface area (Å²) in [4.78, 5) is 89.5. The van der Waals surface area contributed by atoms with Gasteiger partial charge in [-0.2, -0.15) is 0 Å². The minimum Gasteiger partial charge on any atom is -0.480 e. The number of aliphatic hydroxyl groups excluding tert-OH is 12. The SMILES string of the molecule is O=C(O)CNC(=O)CC[C@H](NC(=O)CNC(=O)CN(CC(=O)NCCO[C@H]1O[C@H](CO)[C@@H](O)[C@H](O)[C@@H]1O)CC(=O)NCCO[C@H]1O[C@H](CO)[C@@H](O)[C@H](O)[C@@H]1O)C(=O)NCCO[C@H]1O[C@H](CO)[C@@H](O)[C@H](O)[C@@H]1O. The van der Waals surface area contributed by atoms with Crippen molar-refractivity contribution < 1.29 is 128 Å². The molecule has 0 aromatic rings. The van der Waals surface area contributed by atoms with Crippen LogP contribution >= 0.6 is 0 Å². The van der Waals surface area contributed by atoms with E-state index in [-0.39, 0.29) is 39.5 Å². The van der Waals surface area contributed by atoms with Gasteiger partial charge in [0, 0.05) is 26.1 Å². The number of aliphatic carboxylic acids is 1. The van der Waals surface area contributed by atoms with Crippen molar-refractivity contribution >= 4 is 41.4 Å². The molecular formula is C39H67N7O26. The standard InChI is InChI=1S/C39H67N7O26/c47-14-18-27(57)30(60)33(63)37(70-18)67-6-3-40-23(52)11-46(12-24(53)41-4-7-68-38-34(64)31(61)28(58)19(15-48)71-38)13-25(54)43-9-22(51)45-17(1-2-21(50)44-10-26(55)56)36(66)42-5-8-69-39-35(65)32(62)29(59)20(16-49)72-39/h17-20,27-35,37-39,47-49,57-65H,1-16H2,(H,40,52)(H,41,53)(H,42,66)(H,43,54)(H,44,50)(H,45,51)(H,55,56)/t17-,18+,19+,20+,27+,28+,29+,30-,31-,32-,33-,34-,35-,37-,38-,39-/m0/s1. The number of carbonyl (C=O) groups excluding carboxylic acids is 6. The van der Waals surface area contributed by atoms with Crippen LogP contribution in [0.25, 0.3) is 0 Å². The molecule has 0 unspecified atom stereocenters. The van der Waals surface area contributed by atoms with E-state index in [1.807, 2.05) is 0 Å². The number of aliphatic hydroxyl groups is 12. The number of nitrogens with zero attached hydrogens (tertiary/aromatic N) is 1. The van der Waals surface area contributed by atoms with E-state index in [1.54, 1.807) is 0 Å². The number of carboxylic acid groups (broad SMARTS) is 1. The maximum Gasteiger partial charge on any atom is 0.322 e. The maximum absolute atomic E-state index is 13.2. The van der Waals surface area contributed by atoms with Gasteiger partial charge < -0.3 is 127 Å². The number of hydrogen-bond acceptors (Lipinski definition) is 26. The van der Waals surface area contributed by atoms with E-state index in [1.165, 1.54) is 0 Å². The minimum absolute atomic E-state index is 0.267. The lowest BCUT2D eigenvalue weighted by Crippen LogP contribution is -2.59. The number of carboxylic acids is 1. The Morgan fingerprint density at radius 2 is 0.819 bits per heavy atom. The highest BCUT2D eigenvalue weighted by atomic mass is 16.7. The van der Waals surface area contributed by atoms with Gasteiger partial charge in [0.1, 0.15) is 85.8 Å². The van der Waals surface area contributed by atoms with Crippen molar-refractivity contribution in [1.82, 2.24) is 36.8 Å². The summed E-state index contributed by atoms with van der Waals surface area (Å²) in [5.41, 5.74) is 0. The van der Waals surface area contributed by atoms with E-state index in [0.29, 0.717) is 0 Å². The molecule has 33 nitrogen and oxygen atoms in total. The highest BCUT2D eigenvalue weighted by Gasteiger charge is 2.46. The number of carbonyl (C=O) groups is 7. The fraction of sp³-hybridized carbons (Fsp3) is 0.821. The van der Waals surface area contributed by atoms with Crippen LogP contribution in [0.4, 0.5) is 0 Å². The molecule has 3 saturated heterocycles. The topological polar surface area (TPSA) is 513 Å². The fourth-order valence-corrected chi connectivity index (χ4v) is 6.99. The zero-order valence-corrected chi connectivity index (χ0v) is 38.6. The summed E-state index contributed by atoms with van der Waals surface area (Å²) in [5, 5.41) is 141. The lowest BCUT2D eigenvalue weighted by molar-refractivity contribution is -0.300. The molecule has 6 amide bonds. The fourth-order valence-electron chi connectivity index (χ4n) is 6.99. The molecule has 3 aliphatic heterocycles. The second-order valence-corrected chi connectivity index (χ2v) is 16.4. The molecule has 3 rings (SSSR count). The number of nitrogens with one attached hydrogen (secondary N) is 6. The largest absolute Gasteiger partial charge is 0.480 e. The van der Waals surface area contributed by atoms with Crippen LogP contribution in [-0.2, 0) is 62.0 Å². The highest BCUT2D eigenvalue weighted by Crippen LogP contribution is 2.24. The lowest BCUT2D eigenvalue weighted by atomic mass is 9.99. The van der Waals surface area contributed by atoms with E-state index >= 15 is 0 Å². The number of amides is 6. The van der Waals surface area contributed by atoms with Crippen LogP contribution in [0, 0.1) is 0 Å². The zero-order chi connectivity index (χ0) is 53.7. The summed E-state index contributed by atoms with van der Waals surface area (Å²) in [6.07, 6.45) is -24.6. The summed E-state index contributed by atoms with van der Waals surface area (Å²) in [7, 11) is 0. The van der Waals surface area contributed by atoms with Gasteiger partial charge in [0.25, 0.3) is 0 Å². The van der Waals surface area contributed by atoms with Gasteiger partial charge in [-0.25, -0.2) is 0 Å². The van der Waals surface area contributed by atoms with Crippen molar-refractivity contribution in [3.8, 4) is 0 Å². The van der Waals surface area contributed by atoms with Gasteiger partial charge in [-0.15, -0.1) is 0 Å². The molecule has 0 aromatic heterocycles. The van der Waals surface area contributed by atoms with Gasteiger partial charge in [-0.1, -0.05) is 0 Å². The van der Waals surface area contributed by atoms with Gasteiger partial charge in [-0.3, -0.25) is 38.5 Å². The Labute approximate surface area is 409 Å². The van der Waals surface area contributed by atoms with Gasteiger partial charge in [0.05, 0.1) is 65.8 Å². The molecule has 414 valence electrons. The average molecular weight is 1050 g/mol. The Bertz CT molecular complexity index is 1680. The Kier molecular flexibility index (Phi) is 26.9. The van der Waals surface area contributed by atoms with Crippen LogP contribution in [0.5, 0.6) is 0 Å². The molecule has 72 heavy (non-hydrogen) atoms. The van der Waals surface area contributed by atoms with Gasteiger partial charge >= 0.3 is 5.97 Å². The van der Waals surface area contributed by atoms with Crippen molar-refractivity contribution in [1.29, 1.82) is 0 Å². The third-order valence-corrected chi connectivity index (χ3v) is 10.9. The predicted octanol–water partition coefficient (Wildman–Crippen LogP) is -13.3. The molecule has 0 spiro atoms. The average Bonchev–Trinajstić information content (AvgIpc) is 3.34. The Morgan fingerprint density at radius 3 is 1.19 bits per heavy atom. The smallest absolute Gasteiger partial charge is 0.322 e. The van der Waals surface area contributed by atoms with Crippen molar-refractivity contribution in [2.45, 2.75) is 111 Å². The summed E-state index contributed by atoms with van der Waals surface area (Å²) >= 11 is 0. The Balaban J connectivity index is 1.59. The van der Waals surface area contributed by atoms with E-state index < -0.39 is 205 Å². The van der Waals surface area contributed by atoms with Crippen LogP contribution in [0.15, 0.2) is 0 Å². The van der Waals surface area contributed by atoms with E-state index in [4.69, 9.17) is 33.5 Å². The number of hydrogen-bond donors (Lipinski definition) is 19. The monoisotopic (exact) mass is 1050 g/mol. The molecule has 0 radical (unpaired) electrons. The second-order valence-electron chi connectivity index (χ2n) is 16.4. The van der Waals surface area contributed by atoms with E-state index in [9.17, 15) is 94.8 Å². The molecule has 0 saturated carbocycles. The normalized spacial score (nSPS) is 30.9. The van der Waals surface area contributed by atoms with Crippen LogP contribution in [0.3, 0.4) is 0 Å². The minimum atomic E-state index is -1.74. The molecule has 0 bridgehead atoms. The molecule has 16 atom stereocenters. The van der Waals surface area contributed by atoms with Crippen LogP contribution in [-0.4, -0.2) is 303 Å². The third-order valence-electron chi connectivity index (χ3n) is 10.9. The van der Waals surface area contributed by atoms with Gasteiger partial charge in [0.2, 0.25) is 35.4 Å². The molecular weight excluding hydrogens is 982 g/mol.